The molecule has 1 N–H and O–H groups in total. The van der Waals surface area contributed by atoms with Crippen LogP contribution < -0.4 is 5.32 Å². The first-order valence-electron chi connectivity index (χ1n) is 9.70. The quantitative estimate of drug-likeness (QED) is 0.722. The van der Waals surface area contributed by atoms with Crippen LogP contribution in [-0.4, -0.2) is 56.7 Å². The van der Waals surface area contributed by atoms with Gasteiger partial charge < -0.3 is 10.2 Å². The molecule has 1 fully saturated rings. The number of nitrogens with one attached hydrogen (secondary N) is 1. The first-order chi connectivity index (χ1) is 14.2. The molecule has 2 aromatic rings. The van der Waals surface area contributed by atoms with Gasteiger partial charge in [-0.3, -0.25) is 4.90 Å². The van der Waals surface area contributed by atoms with Crippen LogP contribution in [0.3, 0.4) is 0 Å². The Morgan fingerprint density at radius 3 is 2.43 bits per heavy atom. The maximum Gasteiger partial charge on any atom is 0.317 e. The third kappa shape index (κ3) is 6.35. The predicted octanol–water partition coefficient (Wildman–Crippen LogP) is 3.81. The van der Waals surface area contributed by atoms with Crippen molar-refractivity contribution in [1.29, 1.82) is 0 Å². The van der Waals surface area contributed by atoms with Gasteiger partial charge in [0.1, 0.15) is 0 Å². The van der Waals surface area contributed by atoms with Crippen molar-refractivity contribution in [2.24, 2.45) is 0 Å². The fourth-order valence-corrected chi connectivity index (χ4v) is 4.49. The minimum Gasteiger partial charge on any atom is -0.334 e. The SMILES string of the molecule is CS(=O)(=O)c1ccc(CN2CCCN(C(=O)NCc3ccc(Cl)cc3Cl)CC2)cc1. The van der Waals surface area contributed by atoms with E-state index in [4.69, 9.17) is 23.2 Å². The van der Waals surface area contributed by atoms with Crippen molar-refractivity contribution < 1.29 is 13.2 Å². The molecule has 0 unspecified atom stereocenters. The molecule has 2 aromatic carbocycles. The smallest absolute Gasteiger partial charge is 0.317 e. The van der Waals surface area contributed by atoms with Crippen LogP contribution in [0.2, 0.25) is 10.0 Å². The summed E-state index contributed by atoms with van der Waals surface area (Å²) in [5.74, 6) is 0. The summed E-state index contributed by atoms with van der Waals surface area (Å²) >= 11 is 12.1. The van der Waals surface area contributed by atoms with E-state index in [0.717, 1.165) is 37.2 Å². The highest BCUT2D eigenvalue weighted by Gasteiger charge is 2.19. The summed E-state index contributed by atoms with van der Waals surface area (Å²) in [4.78, 5) is 17.0. The zero-order valence-electron chi connectivity index (χ0n) is 16.8. The van der Waals surface area contributed by atoms with Gasteiger partial charge in [-0.15, -0.1) is 0 Å². The molecule has 162 valence electrons. The van der Waals surface area contributed by atoms with Gasteiger partial charge in [-0.2, -0.15) is 0 Å². The summed E-state index contributed by atoms with van der Waals surface area (Å²) in [5.41, 5.74) is 1.88. The van der Waals surface area contributed by atoms with Crippen LogP contribution in [0, 0.1) is 0 Å². The van der Waals surface area contributed by atoms with E-state index >= 15 is 0 Å². The molecule has 0 spiro atoms. The van der Waals surface area contributed by atoms with E-state index in [9.17, 15) is 13.2 Å². The first kappa shape index (κ1) is 22.9. The lowest BCUT2D eigenvalue weighted by Crippen LogP contribution is -2.41. The normalized spacial score (nSPS) is 15.6. The highest BCUT2D eigenvalue weighted by atomic mass is 35.5. The number of nitrogens with zero attached hydrogens (tertiary/aromatic N) is 2. The van der Waals surface area contributed by atoms with Gasteiger partial charge >= 0.3 is 6.03 Å². The molecular formula is C21H25Cl2N3O3S. The molecule has 1 aliphatic heterocycles. The Bertz CT molecular complexity index is 997. The van der Waals surface area contributed by atoms with Crippen molar-refractivity contribution in [3.63, 3.8) is 0 Å². The fraction of sp³-hybridized carbons (Fsp3) is 0.381. The Morgan fingerprint density at radius 1 is 1.03 bits per heavy atom. The molecule has 1 saturated heterocycles. The monoisotopic (exact) mass is 469 g/mol. The van der Waals surface area contributed by atoms with Crippen LogP contribution in [0.4, 0.5) is 4.79 Å². The number of hydrogen-bond acceptors (Lipinski definition) is 4. The van der Waals surface area contributed by atoms with Crippen LogP contribution in [0.1, 0.15) is 17.5 Å². The predicted molar refractivity (Wildman–Crippen MR) is 120 cm³/mol. The number of carbonyl (C=O) groups excluding carboxylic acids is 1. The van der Waals surface area contributed by atoms with Crippen LogP contribution in [0.15, 0.2) is 47.4 Å². The number of halogens is 2. The Balaban J connectivity index is 1.51. The standard InChI is InChI=1S/C21H25Cl2N3O3S/c1-30(28,29)19-7-3-16(4-8-19)15-25-9-2-10-26(12-11-25)21(27)24-14-17-5-6-18(22)13-20(17)23/h3-8,13H,2,9-12,14-15H2,1H3,(H,24,27). The second-order valence-corrected chi connectivity index (χ2v) is 10.3. The average Bonchev–Trinajstić information content (AvgIpc) is 2.92. The van der Waals surface area contributed by atoms with E-state index in [1.165, 1.54) is 6.26 Å². The van der Waals surface area contributed by atoms with Gasteiger partial charge in [0.2, 0.25) is 0 Å². The topological polar surface area (TPSA) is 69.7 Å². The summed E-state index contributed by atoms with van der Waals surface area (Å²) in [6.07, 6.45) is 2.08. The van der Waals surface area contributed by atoms with E-state index in [1.807, 2.05) is 23.1 Å². The molecule has 1 heterocycles. The molecule has 2 amide bonds. The van der Waals surface area contributed by atoms with Crippen molar-refractivity contribution >= 4 is 39.1 Å². The van der Waals surface area contributed by atoms with E-state index < -0.39 is 9.84 Å². The molecule has 0 saturated carbocycles. The number of rotatable bonds is 5. The van der Waals surface area contributed by atoms with Gasteiger partial charge in [0.05, 0.1) is 4.90 Å². The summed E-state index contributed by atoms with van der Waals surface area (Å²) in [7, 11) is -3.19. The zero-order chi connectivity index (χ0) is 21.7. The summed E-state index contributed by atoms with van der Waals surface area (Å²) in [6.45, 7) is 4.01. The van der Waals surface area contributed by atoms with Gasteiger partial charge in [0.15, 0.2) is 9.84 Å². The van der Waals surface area contributed by atoms with Gasteiger partial charge in [0, 0.05) is 55.6 Å². The van der Waals surface area contributed by atoms with Crippen molar-refractivity contribution in [1.82, 2.24) is 15.1 Å². The van der Waals surface area contributed by atoms with Crippen LogP contribution in [-0.2, 0) is 22.9 Å². The van der Waals surface area contributed by atoms with E-state index in [0.29, 0.717) is 34.6 Å². The van der Waals surface area contributed by atoms with Gasteiger partial charge in [0.25, 0.3) is 0 Å². The summed E-state index contributed by atoms with van der Waals surface area (Å²) < 4.78 is 23.2. The molecule has 0 aromatic heterocycles. The number of benzene rings is 2. The van der Waals surface area contributed by atoms with Crippen LogP contribution in [0.25, 0.3) is 0 Å². The van der Waals surface area contributed by atoms with Crippen LogP contribution in [0.5, 0.6) is 0 Å². The van der Waals surface area contributed by atoms with Crippen LogP contribution >= 0.6 is 23.2 Å². The first-order valence-corrected chi connectivity index (χ1v) is 12.3. The lowest BCUT2D eigenvalue weighted by Gasteiger charge is -2.22. The van der Waals surface area contributed by atoms with Gasteiger partial charge in [-0.25, -0.2) is 13.2 Å². The largest absolute Gasteiger partial charge is 0.334 e. The molecule has 3 rings (SSSR count). The van der Waals surface area contributed by atoms with E-state index in [2.05, 4.69) is 10.2 Å². The van der Waals surface area contributed by atoms with Gasteiger partial charge in [-0.1, -0.05) is 41.4 Å². The van der Waals surface area contributed by atoms with E-state index in [1.54, 1.807) is 24.3 Å². The fourth-order valence-electron chi connectivity index (χ4n) is 3.38. The maximum atomic E-state index is 12.6. The summed E-state index contributed by atoms with van der Waals surface area (Å²) in [6, 6.07) is 12.1. The molecular weight excluding hydrogens is 445 g/mol. The highest BCUT2D eigenvalue weighted by molar-refractivity contribution is 7.90. The Kier molecular flexibility index (Phi) is 7.63. The number of amides is 2. The van der Waals surface area contributed by atoms with Gasteiger partial charge in [-0.05, 0) is 41.8 Å². The molecule has 9 heteroatoms. The van der Waals surface area contributed by atoms with Crippen molar-refractivity contribution in [3.8, 4) is 0 Å². The molecule has 0 radical (unpaired) electrons. The average molecular weight is 470 g/mol. The third-order valence-corrected chi connectivity index (χ3v) is 6.79. The molecule has 6 nitrogen and oxygen atoms in total. The number of carbonyl (C=O) groups is 1. The minimum atomic E-state index is -3.19. The number of urea groups is 1. The second kappa shape index (κ2) is 10.0. The zero-order valence-corrected chi connectivity index (χ0v) is 19.1. The van der Waals surface area contributed by atoms with Crippen molar-refractivity contribution in [2.45, 2.75) is 24.4 Å². The minimum absolute atomic E-state index is 0.111. The summed E-state index contributed by atoms with van der Waals surface area (Å²) in [5, 5.41) is 4.02. The Labute approximate surface area is 187 Å². The van der Waals surface area contributed by atoms with Crippen molar-refractivity contribution in [2.75, 3.05) is 32.4 Å². The van der Waals surface area contributed by atoms with Crippen molar-refractivity contribution in [3.05, 3.63) is 63.6 Å². The molecule has 0 bridgehead atoms. The molecule has 0 atom stereocenters. The number of sulfone groups is 1. The third-order valence-electron chi connectivity index (χ3n) is 5.08. The van der Waals surface area contributed by atoms with E-state index in [-0.39, 0.29) is 6.03 Å². The second-order valence-electron chi connectivity index (χ2n) is 7.43. The number of hydrogen-bond donors (Lipinski definition) is 1. The Morgan fingerprint density at radius 2 is 1.77 bits per heavy atom. The Hall–Kier alpha value is -1.80. The maximum absolute atomic E-state index is 12.6. The highest BCUT2D eigenvalue weighted by Crippen LogP contribution is 2.21. The molecule has 0 aliphatic carbocycles. The lowest BCUT2D eigenvalue weighted by atomic mass is 10.2. The molecule has 1 aliphatic rings. The molecule has 30 heavy (non-hydrogen) atoms. The lowest BCUT2D eigenvalue weighted by molar-refractivity contribution is 0.197.